The molecule has 0 saturated heterocycles. The van der Waals surface area contributed by atoms with Crippen LogP contribution in [0.5, 0.6) is 0 Å². The quantitative estimate of drug-likeness (QED) is 0.462. The van der Waals surface area contributed by atoms with Gasteiger partial charge in [0.15, 0.2) is 5.78 Å². The lowest BCUT2D eigenvalue weighted by atomic mass is 9.50. The van der Waals surface area contributed by atoms with Crippen LogP contribution in [-0.4, -0.2) is 22.4 Å². The third-order valence-electron chi connectivity index (χ3n) is 11.0. The minimum atomic E-state index is -3.15. The molecule has 4 heteroatoms. The highest BCUT2D eigenvalue weighted by molar-refractivity contribution is 5.93. The molecule has 194 valence electrons. The second-order valence-electron chi connectivity index (χ2n) is 12.8. The number of carbonyl (C=O) groups is 1. The van der Waals surface area contributed by atoms with Crippen LogP contribution < -0.4 is 0 Å². The molecule has 5 aliphatic rings. The largest absolute Gasteiger partial charge is 0.383 e. The van der Waals surface area contributed by atoms with E-state index in [0.717, 1.165) is 26.2 Å². The van der Waals surface area contributed by atoms with Crippen molar-refractivity contribution < 1.29 is 18.7 Å². The number of hydrogen-bond donors (Lipinski definition) is 1. The van der Waals surface area contributed by atoms with E-state index >= 15 is 8.78 Å². The Morgan fingerprint density at radius 1 is 0.944 bits per heavy atom. The molecule has 6 rings (SSSR count). The summed E-state index contributed by atoms with van der Waals surface area (Å²) in [6.45, 7) is 2.86. The van der Waals surface area contributed by atoms with E-state index in [-0.39, 0.29) is 30.0 Å². The van der Waals surface area contributed by atoms with Gasteiger partial charge in [-0.2, -0.15) is 0 Å². The van der Waals surface area contributed by atoms with E-state index in [4.69, 9.17) is 0 Å². The highest BCUT2D eigenvalue weighted by Crippen LogP contribution is 2.69. The number of carbonyl (C=O) groups excluding carboxylic acids is 1. The molecule has 0 bridgehead atoms. The fourth-order valence-corrected chi connectivity index (χ4v) is 9.12. The van der Waals surface area contributed by atoms with Crippen molar-refractivity contribution in [2.24, 2.45) is 17.3 Å². The normalized spacial score (nSPS) is 37.3. The highest BCUT2D eigenvalue weighted by Gasteiger charge is 2.69. The molecule has 3 fully saturated rings. The summed E-state index contributed by atoms with van der Waals surface area (Å²) in [5, 5.41) is 11.6. The minimum absolute atomic E-state index is 0.00975. The lowest BCUT2D eigenvalue weighted by molar-refractivity contribution is -0.228. The summed E-state index contributed by atoms with van der Waals surface area (Å²) in [4.78, 5) is 12.2. The third kappa shape index (κ3) is 3.61. The molecule has 3 unspecified atom stereocenters. The van der Waals surface area contributed by atoms with Crippen molar-refractivity contribution in [3.05, 3.63) is 58.2 Å². The number of alkyl halides is 2. The molecule has 1 N–H and O–H groups in total. The Morgan fingerprint density at radius 2 is 1.64 bits per heavy atom. The monoisotopic (exact) mass is 494 g/mol. The van der Waals surface area contributed by atoms with Crippen LogP contribution in [0.3, 0.4) is 0 Å². The first-order valence-corrected chi connectivity index (χ1v) is 14.3. The van der Waals surface area contributed by atoms with E-state index in [1.54, 1.807) is 0 Å². The van der Waals surface area contributed by atoms with Gasteiger partial charge in [0.25, 0.3) is 5.92 Å². The fourth-order valence-electron chi connectivity index (χ4n) is 9.12. The van der Waals surface area contributed by atoms with Gasteiger partial charge in [0, 0.05) is 24.7 Å². The summed E-state index contributed by atoms with van der Waals surface area (Å²) < 4.78 is 30.1. The zero-order chi connectivity index (χ0) is 25.3. The predicted molar refractivity (Wildman–Crippen MR) is 138 cm³/mol. The van der Waals surface area contributed by atoms with Gasteiger partial charge in [-0.05, 0) is 97.5 Å². The van der Waals surface area contributed by atoms with Gasteiger partial charge in [-0.15, -0.1) is 0 Å². The molecule has 0 spiro atoms. The molecule has 0 amide bonds. The average Bonchev–Trinajstić information content (AvgIpc) is 3.15. The Balaban J connectivity index is 1.45. The van der Waals surface area contributed by atoms with Gasteiger partial charge in [0.1, 0.15) is 5.60 Å². The van der Waals surface area contributed by atoms with Crippen molar-refractivity contribution in [1.29, 1.82) is 0 Å². The van der Waals surface area contributed by atoms with Crippen LogP contribution in [0.1, 0.15) is 114 Å². The molecule has 3 saturated carbocycles. The third-order valence-corrected chi connectivity index (χ3v) is 11.0. The number of hydrogen-bond acceptors (Lipinski definition) is 2. The van der Waals surface area contributed by atoms with E-state index in [1.807, 2.05) is 13.0 Å². The number of halogens is 2. The number of rotatable bonds is 3. The molecule has 1 aromatic rings. The van der Waals surface area contributed by atoms with E-state index in [2.05, 4.69) is 24.3 Å². The molecule has 2 nitrogen and oxygen atoms in total. The molecular weight excluding hydrogens is 454 g/mol. The molecule has 0 radical (unpaired) electrons. The maximum atomic E-state index is 15.0. The topological polar surface area (TPSA) is 37.3 Å². The summed E-state index contributed by atoms with van der Waals surface area (Å²) in [5.41, 5.74) is 3.66. The summed E-state index contributed by atoms with van der Waals surface area (Å²) in [6, 6.07) is 9.04. The highest BCUT2D eigenvalue weighted by atomic mass is 19.3. The van der Waals surface area contributed by atoms with Gasteiger partial charge < -0.3 is 5.11 Å². The maximum Gasteiger partial charge on any atom is 0.274 e. The van der Waals surface area contributed by atoms with Gasteiger partial charge in [-0.3, -0.25) is 4.79 Å². The van der Waals surface area contributed by atoms with Crippen LogP contribution in [0.15, 0.2) is 47.1 Å². The molecule has 5 aliphatic carbocycles. The van der Waals surface area contributed by atoms with Gasteiger partial charge >= 0.3 is 0 Å². The predicted octanol–water partition coefficient (Wildman–Crippen LogP) is 8.02. The van der Waals surface area contributed by atoms with Crippen molar-refractivity contribution in [3.8, 4) is 0 Å². The van der Waals surface area contributed by atoms with Crippen LogP contribution >= 0.6 is 0 Å². The van der Waals surface area contributed by atoms with Crippen LogP contribution in [0, 0.1) is 17.3 Å². The first kappa shape index (κ1) is 24.5. The van der Waals surface area contributed by atoms with Crippen molar-refractivity contribution in [2.75, 3.05) is 0 Å². The standard InChI is InChI=1S/C32H40F2O2/c1-30-19-27(22-10-8-21(9-11-22)20-6-4-3-5-7-20)29-25-15-13-24(35)18-23(25)12-14-26(29)28(30)16-17-32(30,36)31(2,33)34/h8-11,18,20,26-28,36H,3-7,12-17,19H2,1-2H3/t26?,27?,28?,30-,32-/m0/s1. The summed E-state index contributed by atoms with van der Waals surface area (Å²) in [7, 11) is 0. The second-order valence-corrected chi connectivity index (χ2v) is 12.8. The van der Waals surface area contributed by atoms with Gasteiger partial charge in [0.2, 0.25) is 0 Å². The van der Waals surface area contributed by atoms with Gasteiger partial charge in [-0.25, -0.2) is 8.78 Å². The zero-order valence-corrected chi connectivity index (χ0v) is 21.8. The SMILES string of the molecule is CC(F)(F)[C@]1(O)CCC2C3CCC4=CC(=O)CCC4=C3C(c3ccc(C4CCCCC4)cc3)C[C@@]21C. The van der Waals surface area contributed by atoms with Gasteiger partial charge in [-0.1, -0.05) is 56.0 Å². The lowest BCUT2D eigenvalue weighted by Crippen LogP contribution is -2.59. The van der Waals surface area contributed by atoms with Crippen molar-refractivity contribution in [2.45, 2.75) is 114 Å². The fraction of sp³-hybridized carbons (Fsp3) is 0.656. The summed E-state index contributed by atoms with van der Waals surface area (Å²) in [6.07, 6.45) is 12.7. The van der Waals surface area contributed by atoms with E-state index in [9.17, 15) is 9.90 Å². The molecule has 5 atom stereocenters. The molecule has 0 aliphatic heterocycles. The first-order chi connectivity index (χ1) is 17.1. The smallest absolute Gasteiger partial charge is 0.274 e. The Labute approximate surface area is 214 Å². The van der Waals surface area contributed by atoms with Crippen molar-refractivity contribution in [3.63, 3.8) is 0 Å². The lowest BCUT2D eigenvalue weighted by Gasteiger charge is -2.55. The minimum Gasteiger partial charge on any atom is -0.383 e. The number of fused-ring (bicyclic) bond motifs is 4. The van der Waals surface area contributed by atoms with Gasteiger partial charge in [0.05, 0.1) is 0 Å². The van der Waals surface area contributed by atoms with Crippen molar-refractivity contribution >= 4 is 5.78 Å². The van der Waals surface area contributed by atoms with Crippen LogP contribution in [0.4, 0.5) is 8.78 Å². The maximum absolute atomic E-state index is 15.0. The van der Waals surface area contributed by atoms with Crippen molar-refractivity contribution in [1.82, 2.24) is 0 Å². The molecule has 0 heterocycles. The van der Waals surface area contributed by atoms with E-state index in [0.29, 0.717) is 25.2 Å². The zero-order valence-electron chi connectivity index (χ0n) is 21.8. The number of benzene rings is 1. The Kier molecular flexibility index (Phi) is 5.87. The number of allylic oxidation sites excluding steroid dienone is 4. The number of aliphatic hydroxyl groups is 1. The average molecular weight is 495 g/mol. The molecule has 0 aromatic heterocycles. The molecule has 36 heavy (non-hydrogen) atoms. The number of ketones is 1. The Bertz CT molecular complexity index is 1100. The molecule has 1 aromatic carbocycles. The summed E-state index contributed by atoms with van der Waals surface area (Å²) in [5.74, 6) is -2.05. The molecular formula is C32H40F2O2. The van der Waals surface area contributed by atoms with Crippen LogP contribution in [0.2, 0.25) is 0 Å². The van der Waals surface area contributed by atoms with Crippen LogP contribution in [-0.2, 0) is 4.79 Å². The summed E-state index contributed by atoms with van der Waals surface area (Å²) >= 11 is 0. The van der Waals surface area contributed by atoms with E-state index in [1.165, 1.54) is 60.0 Å². The Morgan fingerprint density at radius 3 is 2.33 bits per heavy atom. The Hall–Kier alpha value is -1.81. The first-order valence-electron chi connectivity index (χ1n) is 14.3. The van der Waals surface area contributed by atoms with E-state index < -0.39 is 16.9 Å². The van der Waals surface area contributed by atoms with Crippen LogP contribution in [0.25, 0.3) is 0 Å². The second kappa shape index (κ2) is 8.61.